The summed E-state index contributed by atoms with van der Waals surface area (Å²) in [4.78, 5) is 10.1. The van der Waals surface area contributed by atoms with Crippen LogP contribution in [0.5, 0.6) is 5.75 Å². The third-order valence-electron chi connectivity index (χ3n) is 6.37. The van der Waals surface area contributed by atoms with Gasteiger partial charge in [0.15, 0.2) is 0 Å². The van der Waals surface area contributed by atoms with Crippen molar-refractivity contribution in [3.05, 3.63) is 24.3 Å². The zero-order valence-corrected chi connectivity index (χ0v) is 18.6. The van der Waals surface area contributed by atoms with Crippen molar-refractivity contribution in [1.29, 1.82) is 0 Å². The Kier molecular flexibility index (Phi) is 9.05. The minimum atomic E-state index is 0.649. The first kappa shape index (κ1) is 22.3. The summed E-state index contributed by atoms with van der Waals surface area (Å²) in [6.45, 7) is 18.6. The van der Waals surface area contributed by atoms with Gasteiger partial charge in [-0.3, -0.25) is 4.90 Å². The van der Waals surface area contributed by atoms with E-state index >= 15 is 0 Å². The number of nitrogens with two attached hydrogens (primary N) is 1. The largest absolute Gasteiger partial charge is 0.491 e. The normalized spacial score (nSPS) is 20.7. The zero-order valence-electron chi connectivity index (χ0n) is 18.6. The van der Waals surface area contributed by atoms with Crippen LogP contribution in [0, 0.1) is 5.92 Å². The van der Waals surface area contributed by atoms with Crippen molar-refractivity contribution in [2.75, 3.05) is 90.0 Å². The van der Waals surface area contributed by atoms with Gasteiger partial charge in [-0.15, -0.1) is 0 Å². The van der Waals surface area contributed by atoms with Crippen LogP contribution in [0.15, 0.2) is 24.3 Å². The molecular formula is C23H41N5O. The van der Waals surface area contributed by atoms with Gasteiger partial charge in [-0.05, 0) is 31.0 Å². The van der Waals surface area contributed by atoms with E-state index in [0.29, 0.717) is 5.92 Å². The quantitative estimate of drug-likeness (QED) is 0.643. The minimum absolute atomic E-state index is 0.649. The number of hydrogen-bond donors (Lipinski definition) is 1. The van der Waals surface area contributed by atoms with Crippen molar-refractivity contribution in [3.63, 3.8) is 0 Å². The Morgan fingerprint density at radius 3 is 2.28 bits per heavy atom. The number of ether oxygens (including phenoxy) is 1. The maximum absolute atomic E-state index is 6.26. The smallest absolute Gasteiger partial charge is 0.142 e. The molecule has 1 aromatic rings. The maximum Gasteiger partial charge on any atom is 0.142 e. The number of likely N-dealkylation sites (N-methyl/N-ethyl adjacent to an activating group) is 1. The predicted octanol–water partition coefficient (Wildman–Crippen LogP) is 1.81. The van der Waals surface area contributed by atoms with Crippen molar-refractivity contribution in [1.82, 2.24) is 14.7 Å². The standard InChI is InChI=1S/C23H41N5O/c1-3-25-15-17-28(18-16-25)22-6-4-5-7-23(22)29-19-8-21(2)20-27-13-11-26(10-9-24)12-14-27/h4-7,21H,3,8-20,24H2,1-2H3. The lowest BCUT2D eigenvalue weighted by molar-refractivity contribution is 0.117. The van der Waals surface area contributed by atoms with Crippen LogP contribution < -0.4 is 15.4 Å². The van der Waals surface area contributed by atoms with Crippen LogP contribution in [-0.4, -0.2) is 99.8 Å². The summed E-state index contributed by atoms with van der Waals surface area (Å²) < 4.78 is 6.26. The molecule has 2 saturated heterocycles. The highest BCUT2D eigenvalue weighted by molar-refractivity contribution is 5.58. The number of rotatable bonds is 10. The van der Waals surface area contributed by atoms with Crippen LogP contribution in [0.4, 0.5) is 5.69 Å². The molecule has 0 bridgehead atoms. The molecule has 2 aliphatic heterocycles. The molecule has 2 heterocycles. The van der Waals surface area contributed by atoms with E-state index in [9.17, 15) is 0 Å². The zero-order chi connectivity index (χ0) is 20.5. The Balaban J connectivity index is 1.40. The lowest BCUT2D eigenvalue weighted by atomic mass is 10.1. The number of piperazine rings is 2. The van der Waals surface area contributed by atoms with Crippen molar-refractivity contribution < 1.29 is 4.74 Å². The number of hydrogen-bond acceptors (Lipinski definition) is 6. The molecule has 2 fully saturated rings. The predicted molar refractivity (Wildman–Crippen MR) is 122 cm³/mol. The molecule has 2 N–H and O–H groups in total. The molecule has 0 aliphatic carbocycles. The van der Waals surface area contributed by atoms with Gasteiger partial charge in [0.1, 0.15) is 5.75 Å². The molecule has 0 amide bonds. The Labute approximate surface area is 177 Å². The summed E-state index contributed by atoms with van der Waals surface area (Å²) in [6.07, 6.45) is 1.10. The van der Waals surface area contributed by atoms with Crippen LogP contribution in [0.25, 0.3) is 0 Å². The van der Waals surface area contributed by atoms with Gasteiger partial charge < -0.3 is 25.2 Å². The number of para-hydroxylation sites is 2. The van der Waals surface area contributed by atoms with Gasteiger partial charge >= 0.3 is 0 Å². The van der Waals surface area contributed by atoms with Gasteiger partial charge in [0.2, 0.25) is 0 Å². The van der Waals surface area contributed by atoms with Gasteiger partial charge in [0.25, 0.3) is 0 Å². The molecule has 1 aromatic carbocycles. The lowest BCUT2D eigenvalue weighted by Gasteiger charge is -2.36. The first-order chi connectivity index (χ1) is 14.2. The van der Waals surface area contributed by atoms with E-state index < -0.39 is 0 Å². The van der Waals surface area contributed by atoms with Gasteiger partial charge in [-0.25, -0.2) is 0 Å². The highest BCUT2D eigenvalue weighted by atomic mass is 16.5. The summed E-state index contributed by atoms with van der Waals surface area (Å²) in [6, 6.07) is 8.55. The third kappa shape index (κ3) is 6.85. The van der Waals surface area contributed by atoms with E-state index in [0.717, 1.165) is 90.8 Å². The molecule has 6 heteroatoms. The van der Waals surface area contributed by atoms with Crippen molar-refractivity contribution in [2.45, 2.75) is 20.3 Å². The van der Waals surface area contributed by atoms with E-state index in [-0.39, 0.29) is 0 Å². The maximum atomic E-state index is 6.26. The van der Waals surface area contributed by atoms with E-state index in [4.69, 9.17) is 10.5 Å². The van der Waals surface area contributed by atoms with Crippen molar-refractivity contribution in [3.8, 4) is 5.75 Å². The van der Waals surface area contributed by atoms with Crippen LogP contribution in [-0.2, 0) is 0 Å². The number of benzene rings is 1. The molecule has 29 heavy (non-hydrogen) atoms. The number of nitrogens with zero attached hydrogens (tertiary/aromatic N) is 4. The van der Waals surface area contributed by atoms with E-state index in [2.05, 4.69) is 57.7 Å². The lowest BCUT2D eigenvalue weighted by Crippen LogP contribution is -2.48. The van der Waals surface area contributed by atoms with Gasteiger partial charge in [0.05, 0.1) is 12.3 Å². The average Bonchev–Trinajstić information content (AvgIpc) is 2.76. The Morgan fingerprint density at radius 1 is 0.931 bits per heavy atom. The molecular weight excluding hydrogens is 362 g/mol. The molecule has 164 valence electrons. The van der Waals surface area contributed by atoms with E-state index in [1.54, 1.807) is 0 Å². The van der Waals surface area contributed by atoms with Gasteiger partial charge in [-0.2, -0.15) is 0 Å². The molecule has 0 aromatic heterocycles. The summed E-state index contributed by atoms with van der Waals surface area (Å²) in [5, 5.41) is 0. The fourth-order valence-electron chi connectivity index (χ4n) is 4.43. The molecule has 0 saturated carbocycles. The second kappa shape index (κ2) is 11.7. The highest BCUT2D eigenvalue weighted by Gasteiger charge is 2.20. The van der Waals surface area contributed by atoms with Crippen molar-refractivity contribution >= 4 is 5.69 Å². The van der Waals surface area contributed by atoms with E-state index in [1.165, 1.54) is 12.2 Å². The van der Waals surface area contributed by atoms with E-state index in [1.807, 2.05) is 0 Å². The van der Waals surface area contributed by atoms with Gasteiger partial charge in [-0.1, -0.05) is 26.0 Å². The summed E-state index contributed by atoms with van der Waals surface area (Å²) in [5.74, 6) is 1.69. The molecule has 0 spiro atoms. The Hall–Kier alpha value is -1.34. The van der Waals surface area contributed by atoms with Crippen LogP contribution in [0.3, 0.4) is 0 Å². The van der Waals surface area contributed by atoms with Crippen LogP contribution in [0.2, 0.25) is 0 Å². The van der Waals surface area contributed by atoms with Gasteiger partial charge in [0, 0.05) is 72.0 Å². The monoisotopic (exact) mass is 403 g/mol. The second-order valence-corrected chi connectivity index (χ2v) is 8.56. The highest BCUT2D eigenvalue weighted by Crippen LogP contribution is 2.29. The topological polar surface area (TPSA) is 48.2 Å². The molecule has 1 unspecified atom stereocenters. The Morgan fingerprint density at radius 2 is 1.59 bits per heavy atom. The molecule has 0 radical (unpaired) electrons. The second-order valence-electron chi connectivity index (χ2n) is 8.56. The summed E-state index contributed by atoms with van der Waals surface area (Å²) in [7, 11) is 0. The number of anilines is 1. The minimum Gasteiger partial charge on any atom is -0.491 e. The average molecular weight is 404 g/mol. The fraction of sp³-hybridized carbons (Fsp3) is 0.739. The van der Waals surface area contributed by atoms with Crippen molar-refractivity contribution in [2.24, 2.45) is 11.7 Å². The molecule has 1 atom stereocenters. The molecule has 2 aliphatic rings. The molecule has 3 rings (SSSR count). The Bertz CT molecular complexity index is 582. The third-order valence-corrected chi connectivity index (χ3v) is 6.37. The summed E-state index contributed by atoms with van der Waals surface area (Å²) in [5.41, 5.74) is 6.93. The first-order valence-electron chi connectivity index (χ1n) is 11.5. The first-order valence-corrected chi connectivity index (χ1v) is 11.5. The SMILES string of the molecule is CCN1CCN(c2ccccc2OCCC(C)CN2CCN(CCN)CC2)CC1. The molecule has 6 nitrogen and oxygen atoms in total. The van der Waals surface area contributed by atoms with Crippen LogP contribution in [0.1, 0.15) is 20.3 Å². The van der Waals surface area contributed by atoms with Crippen LogP contribution >= 0.6 is 0 Å². The fourth-order valence-corrected chi connectivity index (χ4v) is 4.43. The summed E-state index contributed by atoms with van der Waals surface area (Å²) >= 11 is 0.